The molecule has 0 atom stereocenters. The van der Waals surface area contributed by atoms with Crippen molar-refractivity contribution in [1.82, 2.24) is 14.3 Å². The topological polar surface area (TPSA) is 67.8 Å². The Bertz CT molecular complexity index is 712. The van der Waals surface area contributed by atoms with Crippen molar-refractivity contribution in [1.29, 1.82) is 0 Å². The van der Waals surface area contributed by atoms with Crippen molar-refractivity contribution in [2.75, 3.05) is 5.32 Å². The van der Waals surface area contributed by atoms with Crippen molar-refractivity contribution >= 4 is 22.6 Å². The van der Waals surface area contributed by atoms with Crippen LogP contribution in [0.2, 0.25) is 0 Å². The van der Waals surface area contributed by atoms with Crippen LogP contribution in [0.25, 0.3) is 11.4 Å². The van der Waals surface area contributed by atoms with Gasteiger partial charge in [-0.25, -0.2) is 0 Å². The van der Waals surface area contributed by atoms with Gasteiger partial charge in [-0.1, -0.05) is 36.4 Å². The number of amides is 1. The Kier molecular flexibility index (Phi) is 3.47. The van der Waals surface area contributed by atoms with Gasteiger partial charge in [0.2, 0.25) is 5.13 Å². The van der Waals surface area contributed by atoms with Gasteiger partial charge in [-0.2, -0.15) is 9.36 Å². The van der Waals surface area contributed by atoms with Gasteiger partial charge in [0.05, 0.1) is 0 Å². The van der Waals surface area contributed by atoms with Crippen LogP contribution in [0.5, 0.6) is 0 Å². The first-order valence-electron chi connectivity index (χ1n) is 5.94. The summed E-state index contributed by atoms with van der Waals surface area (Å²) in [6.07, 6.45) is 1.57. The van der Waals surface area contributed by atoms with Gasteiger partial charge in [0.15, 0.2) is 5.82 Å². The van der Waals surface area contributed by atoms with Crippen LogP contribution < -0.4 is 5.32 Å². The van der Waals surface area contributed by atoms with Gasteiger partial charge in [0.1, 0.15) is 5.69 Å². The van der Waals surface area contributed by atoms with E-state index in [1.54, 1.807) is 24.4 Å². The summed E-state index contributed by atoms with van der Waals surface area (Å²) in [5.74, 6) is 0.313. The molecular weight excluding hydrogens is 272 g/mol. The van der Waals surface area contributed by atoms with E-state index in [1.807, 2.05) is 30.3 Å². The molecule has 0 saturated carbocycles. The van der Waals surface area contributed by atoms with Crippen molar-refractivity contribution in [2.24, 2.45) is 0 Å². The standard InChI is InChI=1S/C14H10N4OS/c19-13(11-8-4-5-9-15-11)17-14-16-12(18-20-14)10-6-2-1-3-7-10/h1-9H,(H,16,17,18,19). The minimum absolute atomic E-state index is 0.290. The molecule has 1 amide bonds. The van der Waals surface area contributed by atoms with Crippen LogP contribution in [0.4, 0.5) is 5.13 Å². The SMILES string of the molecule is O=C(Nc1nc(-c2ccccc2)ns1)c1ccccn1. The first-order chi connectivity index (χ1) is 9.83. The molecule has 0 radical (unpaired) electrons. The lowest BCUT2D eigenvalue weighted by molar-refractivity contribution is 0.102. The highest BCUT2D eigenvalue weighted by molar-refractivity contribution is 7.10. The zero-order valence-corrected chi connectivity index (χ0v) is 11.2. The third-order valence-corrected chi connectivity index (χ3v) is 3.21. The van der Waals surface area contributed by atoms with Crippen LogP contribution in [0.1, 0.15) is 10.5 Å². The van der Waals surface area contributed by atoms with Crippen molar-refractivity contribution in [3.63, 3.8) is 0 Å². The Morgan fingerprint density at radius 2 is 1.85 bits per heavy atom. The molecule has 20 heavy (non-hydrogen) atoms. The minimum atomic E-state index is -0.290. The number of anilines is 1. The molecule has 0 aliphatic heterocycles. The molecule has 98 valence electrons. The third-order valence-electron chi connectivity index (χ3n) is 2.58. The Morgan fingerprint density at radius 1 is 1.05 bits per heavy atom. The highest BCUT2D eigenvalue weighted by Crippen LogP contribution is 2.20. The van der Waals surface area contributed by atoms with E-state index < -0.39 is 0 Å². The van der Waals surface area contributed by atoms with E-state index in [4.69, 9.17) is 0 Å². The molecule has 1 N–H and O–H groups in total. The lowest BCUT2D eigenvalue weighted by Crippen LogP contribution is -2.13. The second kappa shape index (κ2) is 5.58. The molecule has 3 rings (SSSR count). The largest absolute Gasteiger partial charge is 0.295 e. The maximum Gasteiger partial charge on any atom is 0.276 e. The molecular formula is C14H10N4OS. The minimum Gasteiger partial charge on any atom is -0.295 e. The Labute approximate surface area is 119 Å². The monoisotopic (exact) mass is 282 g/mol. The van der Waals surface area contributed by atoms with Crippen molar-refractivity contribution in [3.05, 3.63) is 60.4 Å². The van der Waals surface area contributed by atoms with Crippen LogP contribution in [-0.2, 0) is 0 Å². The molecule has 0 unspecified atom stereocenters. The van der Waals surface area contributed by atoms with Crippen LogP contribution >= 0.6 is 11.5 Å². The quantitative estimate of drug-likeness (QED) is 0.802. The average molecular weight is 282 g/mol. The van der Waals surface area contributed by atoms with Crippen molar-refractivity contribution < 1.29 is 4.79 Å². The number of aromatic nitrogens is 3. The number of hydrogen-bond acceptors (Lipinski definition) is 5. The van der Waals surface area contributed by atoms with Crippen LogP contribution in [0, 0.1) is 0 Å². The normalized spacial score (nSPS) is 10.2. The number of nitrogens with zero attached hydrogens (tertiary/aromatic N) is 3. The summed E-state index contributed by atoms with van der Waals surface area (Å²) in [5.41, 5.74) is 1.27. The summed E-state index contributed by atoms with van der Waals surface area (Å²) in [7, 11) is 0. The summed E-state index contributed by atoms with van der Waals surface area (Å²) in [6.45, 7) is 0. The molecule has 1 aromatic carbocycles. The fraction of sp³-hybridized carbons (Fsp3) is 0. The van der Waals surface area contributed by atoms with Gasteiger partial charge in [-0.3, -0.25) is 15.1 Å². The highest BCUT2D eigenvalue weighted by Gasteiger charge is 2.11. The van der Waals surface area contributed by atoms with Crippen LogP contribution in [-0.4, -0.2) is 20.2 Å². The van der Waals surface area contributed by atoms with Gasteiger partial charge in [0, 0.05) is 23.3 Å². The molecule has 3 aromatic rings. The average Bonchev–Trinajstić information content (AvgIpc) is 2.97. The number of hydrogen-bond donors (Lipinski definition) is 1. The molecule has 6 heteroatoms. The summed E-state index contributed by atoms with van der Waals surface area (Å²) in [5, 5.41) is 3.15. The second-order valence-corrected chi connectivity index (χ2v) is 4.71. The van der Waals surface area contributed by atoms with Crippen LogP contribution in [0.3, 0.4) is 0 Å². The van der Waals surface area contributed by atoms with Gasteiger partial charge >= 0.3 is 0 Å². The summed E-state index contributed by atoms with van der Waals surface area (Å²) in [6, 6.07) is 14.8. The fourth-order valence-electron chi connectivity index (χ4n) is 1.64. The molecule has 2 heterocycles. The van der Waals surface area contributed by atoms with Gasteiger partial charge in [-0.05, 0) is 12.1 Å². The van der Waals surface area contributed by atoms with E-state index in [-0.39, 0.29) is 5.91 Å². The molecule has 0 bridgehead atoms. The fourth-order valence-corrected chi connectivity index (χ4v) is 2.22. The molecule has 0 spiro atoms. The number of rotatable bonds is 3. The summed E-state index contributed by atoms with van der Waals surface area (Å²) in [4.78, 5) is 20.2. The molecule has 5 nitrogen and oxygen atoms in total. The van der Waals surface area contributed by atoms with E-state index in [0.717, 1.165) is 17.1 Å². The van der Waals surface area contributed by atoms with E-state index >= 15 is 0 Å². The Balaban J connectivity index is 1.77. The molecule has 2 aromatic heterocycles. The molecule has 0 fully saturated rings. The predicted molar refractivity (Wildman–Crippen MR) is 77.5 cm³/mol. The number of carbonyl (C=O) groups excluding carboxylic acids is 1. The van der Waals surface area contributed by atoms with E-state index in [2.05, 4.69) is 19.7 Å². The second-order valence-electron chi connectivity index (χ2n) is 3.96. The maximum atomic E-state index is 11.9. The molecule has 0 aliphatic rings. The summed E-state index contributed by atoms with van der Waals surface area (Å²) >= 11 is 1.15. The maximum absolute atomic E-state index is 11.9. The third kappa shape index (κ3) is 2.70. The number of carbonyl (C=O) groups is 1. The Hall–Kier alpha value is -2.60. The van der Waals surface area contributed by atoms with Crippen LogP contribution in [0.15, 0.2) is 54.7 Å². The first-order valence-corrected chi connectivity index (χ1v) is 6.72. The molecule has 0 saturated heterocycles. The van der Waals surface area contributed by atoms with E-state index in [0.29, 0.717) is 16.6 Å². The Morgan fingerprint density at radius 3 is 2.60 bits per heavy atom. The number of benzene rings is 1. The first kappa shape index (κ1) is 12.4. The lowest BCUT2D eigenvalue weighted by atomic mass is 10.2. The highest BCUT2D eigenvalue weighted by atomic mass is 32.1. The zero-order valence-electron chi connectivity index (χ0n) is 10.4. The van der Waals surface area contributed by atoms with E-state index in [1.165, 1.54) is 0 Å². The van der Waals surface area contributed by atoms with Crippen molar-refractivity contribution in [3.8, 4) is 11.4 Å². The number of pyridine rings is 1. The smallest absolute Gasteiger partial charge is 0.276 e. The van der Waals surface area contributed by atoms with Gasteiger partial charge in [0.25, 0.3) is 5.91 Å². The number of nitrogens with one attached hydrogen (secondary N) is 1. The van der Waals surface area contributed by atoms with Crippen molar-refractivity contribution in [2.45, 2.75) is 0 Å². The van der Waals surface area contributed by atoms with E-state index in [9.17, 15) is 4.79 Å². The van der Waals surface area contributed by atoms with Gasteiger partial charge in [-0.15, -0.1) is 0 Å². The summed E-state index contributed by atoms with van der Waals surface area (Å²) < 4.78 is 4.23. The molecule has 0 aliphatic carbocycles. The van der Waals surface area contributed by atoms with Gasteiger partial charge < -0.3 is 0 Å². The lowest BCUT2D eigenvalue weighted by Gasteiger charge is -1.99. The zero-order chi connectivity index (χ0) is 13.8. The predicted octanol–water partition coefficient (Wildman–Crippen LogP) is 2.85.